The van der Waals surface area contributed by atoms with Gasteiger partial charge in [0.1, 0.15) is 5.82 Å². The Morgan fingerprint density at radius 2 is 2.21 bits per heavy atom. The van der Waals surface area contributed by atoms with Crippen LogP contribution in [0.15, 0.2) is 22.6 Å². The van der Waals surface area contributed by atoms with Crippen LogP contribution in [-0.2, 0) is 25.8 Å². The zero-order valence-corrected chi connectivity index (χ0v) is 12.3. The molecule has 0 saturated heterocycles. The molecule has 0 aliphatic heterocycles. The van der Waals surface area contributed by atoms with E-state index in [2.05, 4.69) is 8.55 Å². The molecule has 1 atom stereocenters. The average molecular weight is 328 g/mol. The molecule has 0 fully saturated rings. The van der Waals surface area contributed by atoms with Crippen LogP contribution in [0.4, 0.5) is 4.39 Å². The van der Waals surface area contributed by atoms with E-state index in [0.29, 0.717) is 0 Å². The van der Waals surface area contributed by atoms with Gasteiger partial charge in [-0.3, -0.25) is 4.18 Å². The van der Waals surface area contributed by atoms with E-state index >= 15 is 0 Å². The van der Waals surface area contributed by atoms with Crippen molar-refractivity contribution < 1.29 is 21.2 Å². The Morgan fingerprint density at radius 1 is 1.53 bits per heavy atom. The third kappa shape index (κ3) is 5.35. The van der Waals surface area contributed by atoms with Crippen LogP contribution in [0.5, 0.6) is 0 Å². The van der Waals surface area contributed by atoms with E-state index in [1.807, 2.05) is 0 Å². The molecule has 1 unspecified atom stereocenters. The zero-order chi connectivity index (χ0) is 14.5. The quantitative estimate of drug-likeness (QED) is 0.751. The van der Waals surface area contributed by atoms with Gasteiger partial charge in [0.05, 0.1) is 23.9 Å². The van der Waals surface area contributed by atoms with Crippen molar-refractivity contribution in [3.8, 4) is 0 Å². The highest BCUT2D eigenvalue weighted by Crippen LogP contribution is 2.28. The highest BCUT2D eigenvalue weighted by atomic mass is 35.5. The molecule has 5 nitrogen and oxygen atoms in total. The molecule has 0 aromatic heterocycles. The Kier molecular flexibility index (Phi) is 6.05. The summed E-state index contributed by atoms with van der Waals surface area (Å²) < 4.78 is 54.1. The first-order valence-electron chi connectivity index (χ1n) is 5.12. The van der Waals surface area contributed by atoms with Gasteiger partial charge < -0.3 is 0 Å². The molecule has 1 aromatic rings. The summed E-state index contributed by atoms with van der Waals surface area (Å²) in [5.41, 5.74) is 0.132. The molecule has 0 saturated carbocycles. The Morgan fingerprint density at radius 3 is 2.79 bits per heavy atom. The average Bonchev–Trinajstić information content (AvgIpc) is 2.30. The first-order valence-corrected chi connectivity index (χ1v) is 8.02. The fourth-order valence-corrected chi connectivity index (χ4v) is 2.31. The van der Waals surface area contributed by atoms with Gasteiger partial charge in [-0.15, -0.1) is 0 Å². The van der Waals surface area contributed by atoms with Gasteiger partial charge in [0, 0.05) is 5.56 Å². The third-order valence-corrected chi connectivity index (χ3v) is 3.43. The summed E-state index contributed by atoms with van der Waals surface area (Å²) in [6.45, 7) is -0.195. The number of nitrogens with zero attached hydrogens (tertiary/aromatic N) is 1. The van der Waals surface area contributed by atoms with Crippen LogP contribution in [-0.4, -0.2) is 25.5 Å². The van der Waals surface area contributed by atoms with Crippen molar-refractivity contribution in [1.82, 2.24) is 0 Å². The predicted octanol–water partition coefficient (Wildman–Crippen LogP) is 2.28. The smallest absolute Gasteiger partial charge is 0.264 e. The normalized spacial score (nSPS) is 13.0. The SMILES string of the molecule is CS(=O)(=O)OCCC(N=S=O)c1cccc(Cl)c1F. The van der Waals surface area contributed by atoms with E-state index < -0.39 is 22.0 Å². The highest BCUT2D eigenvalue weighted by Gasteiger charge is 2.17. The lowest BCUT2D eigenvalue weighted by atomic mass is 10.0. The Labute approximate surface area is 119 Å². The molecular weight excluding hydrogens is 317 g/mol. The number of halogens is 2. The lowest BCUT2D eigenvalue weighted by Crippen LogP contribution is -2.08. The summed E-state index contributed by atoms with van der Waals surface area (Å²) in [4.78, 5) is 0. The molecule has 19 heavy (non-hydrogen) atoms. The predicted molar refractivity (Wildman–Crippen MR) is 70.1 cm³/mol. The number of benzene rings is 1. The van der Waals surface area contributed by atoms with Crippen molar-refractivity contribution >= 4 is 33.2 Å². The van der Waals surface area contributed by atoms with E-state index in [-0.39, 0.29) is 35.1 Å². The maximum atomic E-state index is 13.8. The Balaban J connectivity index is 2.89. The molecule has 1 rings (SSSR count). The molecule has 9 heteroatoms. The summed E-state index contributed by atoms with van der Waals surface area (Å²) >= 11 is 5.57. The van der Waals surface area contributed by atoms with Crippen molar-refractivity contribution in [2.45, 2.75) is 12.5 Å². The topological polar surface area (TPSA) is 72.8 Å². The van der Waals surface area contributed by atoms with Crippen molar-refractivity contribution in [2.75, 3.05) is 12.9 Å². The number of rotatable bonds is 6. The van der Waals surface area contributed by atoms with Gasteiger partial charge in [-0.1, -0.05) is 23.7 Å². The van der Waals surface area contributed by atoms with Crippen LogP contribution in [0.1, 0.15) is 18.0 Å². The first-order chi connectivity index (χ1) is 8.85. The van der Waals surface area contributed by atoms with Crippen LogP contribution in [0.25, 0.3) is 0 Å². The summed E-state index contributed by atoms with van der Waals surface area (Å²) in [5, 5.41) is -0.0855. The number of hydrogen-bond acceptors (Lipinski definition) is 5. The van der Waals surface area contributed by atoms with Crippen LogP contribution in [0.2, 0.25) is 5.02 Å². The van der Waals surface area contributed by atoms with Crippen molar-refractivity contribution in [3.63, 3.8) is 0 Å². The fourth-order valence-electron chi connectivity index (χ4n) is 1.41. The van der Waals surface area contributed by atoms with Crippen LogP contribution in [0, 0.1) is 5.82 Å². The van der Waals surface area contributed by atoms with E-state index in [9.17, 15) is 17.0 Å². The van der Waals surface area contributed by atoms with E-state index in [4.69, 9.17) is 11.6 Å². The van der Waals surface area contributed by atoms with Crippen LogP contribution in [0.3, 0.4) is 0 Å². The third-order valence-electron chi connectivity index (χ3n) is 2.20. The summed E-state index contributed by atoms with van der Waals surface area (Å²) in [6.07, 6.45) is 0.959. The molecule has 0 aliphatic rings. The van der Waals surface area contributed by atoms with E-state index in [1.165, 1.54) is 18.2 Å². The lowest BCUT2D eigenvalue weighted by Gasteiger charge is -2.12. The monoisotopic (exact) mass is 327 g/mol. The molecule has 0 heterocycles. The highest BCUT2D eigenvalue weighted by molar-refractivity contribution is 7.85. The van der Waals surface area contributed by atoms with Crippen molar-refractivity contribution in [3.05, 3.63) is 34.6 Å². The van der Waals surface area contributed by atoms with Gasteiger partial charge in [-0.25, -0.2) is 4.39 Å². The minimum absolute atomic E-state index is 0.0551. The molecule has 0 radical (unpaired) electrons. The minimum atomic E-state index is -3.58. The van der Waals surface area contributed by atoms with Gasteiger partial charge in [0.2, 0.25) is 0 Å². The second-order valence-electron chi connectivity index (χ2n) is 3.65. The summed E-state index contributed by atoms with van der Waals surface area (Å²) in [7, 11) is -3.58. The van der Waals surface area contributed by atoms with E-state index in [1.54, 1.807) is 0 Å². The molecule has 0 amide bonds. The molecule has 0 N–H and O–H groups in total. The molecular formula is C10H11ClFNO4S2. The Hall–Kier alpha value is -0.830. The van der Waals surface area contributed by atoms with Crippen molar-refractivity contribution in [1.29, 1.82) is 0 Å². The maximum absolute atomic E-state index is 13.8. The molecule has 1 aromatic carbocycles. The second-order valence-corrected chi connectivity index (χ2v) is 6.06. The Bertz CT molecular complexity index is 602. The minimum Gasteiger partial charge on any atom is -0.270 e. The standard InChI is InChI=1S/C10H11ClFNO4S2/c1-19(15,16)17-6-5-9(13-18-14)7-3-2-4-8(11)10(7)12/h2-4,9H,5-6H2,1H3. The second kappa shape index (κ2) is 7.09. The van der Waals surface area contributed by atoms with Gasteiger partial charge in [0.15, 0.2) is 11.5 Å². The molecule has 106 valence electrons. The molecule has 0 bridgehead atoms. The zero-order valence-electron chi connectivity index (χ0n) is 9.88. The van der Waals surface area contributed by atoms with Gasteiger partial charge in [-0.05, 0) is 12.5 Å². The van der Waals surface area contributed by atoms with Gasteiger partial charge in [-0.2, -0.15) is 17.0 Å². The summed E-state index contributed by atoms with van der Waals surface area (Å²) in [5.74, 6) is -0.675. The largest absolute Gasteiger partial charge is 0.270 e. The first kappa shape index (κ1) is 16.2. The van der Waals surface area contributed by atoms with Gasteiger partial charge in [0.25, 0.3) is 10.1 Å². The summed E-state index contributed by atoms with van der Waals surface area (Å²) in [6, 6.07) is 3.51. The van der Waals surface area contributed by atoms with Gasteiger partial charge >= 0.3 is 0 Å². The lowest BCUT2D eigenvalue weighted by molar-refractivity contribution is 0.304. The number of hydrogen-bond donors (Lipinski definition) is 0. The van der Waals surface area contributed by atoms with Crippen LogP contribution >= 0.6 is 11.6 Å². The molecule has 0 spiro atoms. The van der Waals surface area contributed by atoms with Crippen molar-refractivity contribution in [2.24, 2.45) is 4.36 Å². The van der Waals surface area contributed by atoms with E-state index in [0.717, 1.165) is 6.26 Å². The molecule has 0 aliphatic carbocycles. The van der Waals surface area contributed by atoms with Crippen LogP contribution < -0.4 is 0 Å². The maximum Gasteiger partial charge on any atom is 0.264 e. The fraction of sp³-hybridized carbons (Fsp3) is 0.400.